The third kappa shape index (κ3) is 4.08. The Morgan fingerprint density at radius 2 is 1.35 bits per heavy atom. The van der Waals surface area contributed by atoms with Crippen molar-refractivity contribution in [2.45, 2.75) is 4.90 Å². The van der Waals surface area contributed by atoms with E-state index >= 15 is 0 Å². The number of amides is 1. The van der Waals surface area contributed by atoms with Gasteiger partial charge < -0.3 is 4.90 Å². The van der Waals surface area contributed by atoms with Gasteiger partial charge in [0, 0.05) is 37.3 Å². The molecule has 7 heteroatoms. The lowest BCUT2D eigenvalue weighted by atomic mass is 9.95. The number of carbonyl (C=O) groups excluding carboxylic acids is 1. The lowest BCUT2D eigenvalue weighted by Crippen LogP contribution is -2.50. The summed E-state index contributed by atoms with van der Waals surface area (Å²) in [6.45, 7) is 1.08. The minimum atomic E-state index is -3.58. The van der Waals surface area contributed by atoms with Gasteiger partial charge in [-0.25, -0.2) is 8.42 Å². The first kappa shape index (κ1) is 20.8. The molecule has 1 aliphatic rings. The molecule has 31 heavy (non-hydrogen) atoms. The van der Waals surface area contributed by atoms with Crippen LogP contribution < -0.4 is 0 Å². The molecule has 0 aliphatic carbocycles. The zero-order valence-electron chi connectivity index (χ0n) is 16.8. The van der Waals surface area contributed by atoms with Gasteiger partial charge in [0.25, 0.3) is 5.91 Å². The number of hydrogen-bond acceptors (Lipinski definition) is 4. The van der Waals surface area contributed by atoms with Gasteiger partial charge in [0.1, 0.15) is 0 Å². The van der Waals surface area contributed by atoms with E-state index in [0.29, 0.717) is 35.3 Å². The quantitative estimate of drug-likeness (QED) is 0.634. The molecule has 0 unspecified atom stereocenters. The van der Waals surface area contributed by atoms with Crippen LogP contribution in [0.1, 0.15) is 15.9 Å². The van der Waals surface area contributed by atoms with Crippen LogP contribution in [0.5, 0.6) is 0 Å². The Morgan fingerprint density at radius 3 is 2.03 bits per heavy atom. The highest BCUT2D eigenvalue weighted by molar-refractivity contribution is 7.89. The summed E-state index contributed by atoms with van der Waals surface area (Å²) in [7, 11) is -3.58. The molecule has 1 heterocycles. The first-order valence-electron chi connectivity index (χ1n) is 9.95. The fourth-order valence-corrected chi connectivity index (χ4v) is 5.21. The monoisotopic (exact) mass is 431 g/mol. The van der Waals surface area contributed by atoms with Crippen LogP contribution in [-0.2, 0) is 10.0 Å². The second-order valence-electron chi connectivity index (χ2n) is 7.21. The van der Waals surface area contributed by atoms with E-state index in [1.54, 1.807) is 59.5 Å². The summed E-state index contributed by atoms with van der Waals surface area (Å²) in [5, 5.41) is 9.45. The van der Waals surface area contributed by atoms with Crippen molar-refractivity contribution in [3.05, 3.63) is 90.0 Å². The van der Waals surface area contributed by atoms with E-state index in [4.69, 9.17) is 0 Å². The van der Waals surface area contributed by atoms with E-state index in [1.807, 2.05) is 24.3 Å². The van der Waals surface area contributed by atoms with E-state index in [9.17, 15) is 18.5 Å². The Hall–Kier alpha value is -3.47. The predicted octanol–water partition coefficient (Wildman–Crippen LogP) is 3.37. The minimum Gasteiger partial charge on any atom is -0.336 e. The van der Waals surface area contributed by atoms with Crippen LogP contribution in [-0.4, -0.2) is 49.7 Å². The van der Waals surface area contributed by atoms with Crippen molar-refractivity contribution < 1.29 is 13.2 Å². The SMILES string of the molecule is N#Cc1ccccc1-c1ccccc1C(=O)N1CCN(S(=O)(=O)c2ccccc2)CC1. The summed E-state index contributed by atoms with van der Waals surface area (Å²) in [5.41, 5.74) is 2.41. The van der Waals surface area contributed by atoms with E-state index in [1.165, 1.54) is 4.31 Å². The first-order valence-corrected chi connectivity index (χ1v) is 11.4. The Labute approximate surface area is 182 Å². The number of benzene rings is 3. The van der Waals surface area contributed by atoms with E-state index < -0.39 is 10.0 Å². The number of hydrogen-bond donors (Lipinski definition) is 0. The second kappa shape index (κ2) is 8.72. The van der Waals surface area contributed by atoms with Gasteiger partial charge in [-0.15, -0.1) is 0 Å². The van der Waals surface area contributed by atoms with Crippen molar-refractivity contribution in [1.82, 2.24) is 9.21 Å². The molecule has 3 aromatic carbocycles. The lowest BCUT2D eigenvalue weighted by Gasteiger charge is -2.34. The van der Waals surface area contributed by atoms with Crippen LogP contribution in [0.15, 0.2) is 83.8 Å². The largest absolute Gasteiger partial charge is 0.336 e. The molecule has 0 atom stereocenters. The molecule has 0 spiro atoms. The van der Waals surface area contributed by atoms with Crippen LogP contribution in [0.3, 0.4) is 0 Å². The van der Waals surface area contributed by atoms with Gasteiger partial charge in [-0.2, -0.15) is 9.57 Å². The fraction of sp³-hybridized carbons (Fsp3) is 0.167. The summed E-state index contributed by atoms with van der Waals surface area (Å²) in [6, 6.07) is 24.9. The third-order valence-corrected chi connectivity index (χ3v) is 7.31. The summed E-state index contributed by atoms with van der Waals surface area (Å²) >= 11 is 0. The van der Waals surface area contributed by atoms with Crippen molar-refractivity contribution in [3.8, 4) is 17.2 Å². The molecule has 6 nitrogen and oxygen atoms in total. The highest BCUT2D eigenvalue weighted by atomic mass is 32.2. The number of rotatable bonds is 4. The molecule has 1 aliphatic heterocycles. The summed E-state index contributed by atoms with van der Waals surface area (Å²) in [6.07, 6.45) is 0. The normalized spacial score (nSPS) is 14.7. The van der Waals surface area contributed by atoms with E-state index in [2.05, 4.69) is 6.07 Å². The van der Waals surface area contributed by atoms with Crippen molar-refractivity contribution in [1.29, 1.82) is 5.26 Å². The van der Waals surface area contributed by atoms with Crippen molar-refractivity contribution in [2.24, 2.45) is 0 Å². The third-order valence-electron chi connectivity index (χ3n) is 5.40. The van der Waals surface area contributed by atoms with Crippen LogP contribution in [0.4, 0.5) is 0 Å². The smallest absolute Gasteiger partial charge is 0.254 e. The molecule has 0 radical (unpaired) electrons. The van der Waals surface area contributed by atoms with Crippen molar-refractivity contribution in [3.63, 3.8) is 0 Å². The van der Waals surface area contributed by atoms with Gasteiger partial charge >= 0.3 is 0 Å². The zero-order chi connectivity index (χ0) is 21.8. The average molecular weight is 432 g/mol. The molecule has 3 aromatic rings. The topological polar surface area (TPSA) is 81.5 Å². The summed E-state index contributed by atoms with van der Waals surface area (Å²) in [5.74, 6) is -0.167. The first-order chi connectivity index (χ1) is 15.0. The second-order valence-corrected chi connectivity index (χ2v) is 9.15. The fourth-order valence-electron chi connectivity index (χ4n) is 3.76. The van der Waals surface area contributed by atoms with Crippen LogP contribution in [0.25, 0.3) is 11.1 Å². The predicted molar refractivity (Wildman–Crippen MR) is 118 cm³/mol. The number of piperazine rings is 1. The Balaban J connectivity index is 1.55. The van der Waals surface area contributed by atoms with Crippen LogP contribution in [0.2, 0.25) is 0 Å². The summed E-state index contributed by atoms with van der Waals surface area (Å²) in [4.78, 5) is 15.2. The highest BCUT2D eigenvalue weighted by Gasteiger charge is 2.31. The van der Waals surface area contributed by atoms with Gasteiger partial charge in [-0.3, -0.25) is 4.79 Å². The van der Waals surface area contributed by atoms with E-state index in [0.717, 1.165) is 0 Å². The Kier molecular flexibility index (Phi) is 5.85. The standard InChI is InChI=1S/C24H21N3O3S/c25-18-19-8-4-5-11-21(19)22-12-6-7-13-23(22)24(28)26-14-16-27(17-15-26)31(29,30)20-9-2-1-3-10-20/h1-13H,14-17H2. The van der Waals surface area contributed by atoms with E-state index in [-0.39, 0.29) is 23.9 Å². The molecule has 0 bridgehead atoms. The van der Waals surface area contributed by atoms with Gasteiger partial charge in [0.2, 0.25) is 10.0 Å². The maximum absolute atomic E-state index is 13.3. The minimum absolute atomic E-state index is 0.167. The Bertz CT molecular complexity index is 1240. The molecule has 0 saturated carbocycles. The molecule has 1 fully saturated rings. The number of carbonyl (C=O) groups is 1. The zero-order valence-corrected chi connectivity index (χ0v) is 17.6. The number of nitrogens with zero attached hydrogens (tertiary/aromatic N) is 3. The average Bonchev–Trinajstić information content (AvgIpc) is 2.84. The van der Waals surface area contributed by atoms with Crippen molar-refractivity contribution >= 4 is 15.9 Å². The lowest BCUT2D eigenvalue weighted by molar-refractivity contribution is 0.0698. The van der Waals surface area contributed by atoms with Gasteiger partial charge in [0.15, 0.2) is 0 Å². The van der Waals surface area contributed by atoms with Gasteiger partial charge in [-0.1, -0.05) is 54.6 Å². The van der Waals surface area contributed by atoms with Gasteiger partial charge in [0.05, 0.1) is 16.5 Å². The van der Waals surface area contributed by atoms with Crippen molar-refractivity contribution in [2.75, 3.05) is 26.2 Å². The Morgan fingerprint density at radius 1 is 0.774 bits per heavy atom. The summed E-state index contributed by atoms with van der Waals surface area (Å²) < 4.78 is 27.1. The molecule has 0 N–H and O–H groups in total. The molecular weight excluding hydrogens is 410 g/mol. The van der Waals surface area contributed by atoms with Crippen LogP contribution in [0, 0.1) is 11.3 Å². The molecule has 0 aromatic heterocycles. The van der Waals surface area contributed by atoms with Crippen LogP contribution >= 0.6 is 0 Å². The maximum Gasteiger partial charge on any atom is 0.254 e. The molecule has 1 amide bonds. The molecule has 4 rings (SSSR count). The number of sulfonamides is 1. The van der Waals surface area contributed by atoms with Gasteiger partial charge in [-0.05, 0) is 29.8 Å². The molecule has 1 saturated heterocycles. The maximum atomic E-state index is 13.3. The highest BCUT2D eigenvalue weighted by Crippen LogP contribution is 2.28. The molecule has 156 valence electrons. The molecular formula is C24H21N3O3S. The number of nitriles is 1.